The fraction of sp³-hybridized carbons (Fsp3) is 0.944. The van der Waals surface area contributed by atoms with Crippen LogP contribution >= 0.6 is 0 Å². The lowest BCUT2D eigenvalue weighted by atomic mass is 9.94. The van der Waals surface area contributed by atoms with Gasteiger partial charge in [0.15, 0.2) is 0 Å². The highest BCUT2D eigenvalue weighted by atomic mass is 16.7. The van der Waals surface area contributed by atoms with Crippen LogP contribution in [-0.2, 0) is 14.4 Å². The predicted octanol–water partition coefficient (Wildman–Crippen LogP) is -3.67. The molecule has 0 saturated carbocycles. The van der Waals surface area contributed by atoms with Crippen molar-refractivity contribution in [2.75, 3.05) is 65.6 Å². The van der Waals surface area contributed by atoms with E-state index in [0.29, 0.717) is 13.0 Å². The van der Waals surface area contributed by atoms with Crippen molar-refractivity contribution in [2.24, 2.45) is 0 Å². The standard InChI is InChI=1S/C16H34N4O6.C2H4O2/c21-11-13-15(23)16(24)14(22)12(26-13)1-10-25-20-8-6-18-4-2-17-3-5-19-7-9-20;1-2(3)4/h12-19,21-24H,1-11H2;1H3,(H,3,4)/t12-,13+,14-,15-,16+;/m0./s1. The second-order valence-corrected chi connectivity index (χ2v) is 7.19. The van der Waals surface area contributed by atoms with Crippen LogP contribution in [0.1, 0.15) is 13.3 Å². The summed E-state index contributed by atoms with van der Waals surface area (Å²) in [5, 5.41) is 58.2. The smallest absolute Gasteiger partial charge is 0.300 e. The van der Waals surface area contributed by atoms with Crippen LogP contribution in [0.15, 0.2) is 0 Å². The van der Waals surface area contributed by atoms with E-state index >= 15 is 0 Å². The van der Waals surface area contributed by atoms with E-state index in [2.05, 4.69) is 16.0 Å². The van der Waals surface area contributed by atoms with Crippen LogP contribution in [0.2, 0.25) is 0 Å². The molecule has 0 bridgehead atoms. The van der Waals surface area contributed by atoms with Gasteiger partial charge in [0.1, 0.15) is 24.4 Å². The second kappa shape index (κ2) is 15.8. The molecule has 0 aromatic rings. The first-order chi connectivity index (χ1) is 14.4. The van der Waals surface area contributed by atoms with Gasteiger partial charge in [-0.2, -0.15) is 5.06 Å². The average Bonchev–Trinajstić information content (AvgIpc) is 2.69. The first-order valence-electron chi connectivity index (χ1n) is 10.4. The quantitative estimate of drug-likeness (QED) is 0.211. The van der Waals surface area contributed by atoms with Gasteiger partial charge in [-0.05, 0) is 0 Å². The summed E-state index contributed by atoms with van der Waals surface area (Å²) in [4.78, 5) is 14.8. The van der Waals surface area contributed by atoms with Crippen molar-refractivity contribution in [3.63, 3.8) is 0 Å². The molecule has 0 radical (unpaired) electrons. The highest BCUT2D eigenvalue weighted by Gasteiger charge is 2.43. The van der Waals surface area contributed by atoms with Crippen LogP contribution in [0, 0.1) is 0 Å². The number of ether oxygens (including phenoxy) is 1. The van der Waals surface area contributed by atoms with Crippen LogP contribution in [0.5, 0.6) is 0 Å². The molecule has 0 spiro atoms. The number of carboxylic acids is 1. The van der Waals surface area contributed by atoms with E-state index in [1.807, 2.05) is 5.06 Å². The summed E-state index contributed by atoms with van der Waals surface area (Å²) in [5.74, 6) is -0.833. The maximum atomic E-state index is 10.1. The zero-order chi connectivity index (χ0) is 22.4. The molecule has 12 nitrogen and oxygen atoms in total. The maximum absolute atomic E-state index is 10.1. The van der Waals surface area contributed by atoms with Gasteiger partial charge in [-0.3, -0.25) is 9.63 Å². The molecule has 178 valence electrons. The average molecular weight is 439 g/mol. The Hall–Kier alpha value is -0.930. The number of nitrogens with zero attached hydrogens (tertiary/aromatic N) is 1. The number of hydrogen-bond acceptors (Lipinski definition) is 11. The van der Waals surface area contributed by atoms with Crippen molar-refractivity contribution < 1.29 is 39.9 Å². The molecule has 2 heterocycles. The molecule has 8 N–H and O–H groups in total. The Bertz CT molecular complexity index is 444. The molecule has 2 fully saturated rings. The van der Waals surface area contributed by atoms with Crippen LogP contribution in [0.3, 0.4) is 0 Å². The number of aliphatic carboxylic acids is 1. The van der Waals surface area contributed by atoms with Gasteiger partial charge in [0, 0.05) is 65.7 Å². The molecule has 2 rings (SSSR count). The second-order valence-electron chi connectivity index (χ2n) is 7.19. The minimum atomic E-state index is -1.34. The highest BCUT2D eigenvalue weighted by molar-refractivity contribution is 5.62. The van der Waals surface area contributed by atoms with Crippen LogP contribution in [-0.4, -0.2) is 133 Å². The third-order valence-electron chi connectivity index (χ3n) is 4.70. The van der Waals surface area contributed by atoms with Crippen molar-refractivity contribution in [3.8, 4) is 0 Å². The molecular formula is C18H38N4O8. The molecule has 0 unspecified atom stereocenters. The summed E-state index contributed by atoms with van der Waals surface area (Å²) in [6.45, 7) is 7.72. The van der Waals surface area contributed by atoms with E-state index in [1.165, 1.54) is 0 Å². The molecule has 0 amide bonds. The van der Waals surface area contributed by atoms with Crippen molar-refractivity contribution in [3.05, 3.63) is 0 Å². The summed E-state index contributed by atoms with van der Waals surface area (Å²) in [7, 11) is 0. The minimum Gasteiger partial charge on any atom is -0.481 e. The Balaban J connectivity index is 0.00000103. The largest absolute Gasteiger partial charge is 0.481 e. The molecule has 0 aromatic heterocycles. The van der Waals surface area contributed by atoms with E-state index in [1.54, 1.807) is 0 Å². The third-order valence-corrected chi connectivity index (χ3v) is 4.70. The minimum absolute atomic E-state index is 0.310. The van der Waals surface area contributed by atoms with Gasteiger partial charge < -0.3 is 46.2 Å². The maximum Gasteiger partial charge on any atom is 0.300 e. The molecule has 12 heteroatoms. The number of hydroxylamine groups is 2. The third kappa shape index (κ3) is 10.9. The van der Waals surface area contributed by atoms with Crippen LogP contribution in [0.25, 0.3) is 0 Å². The van der Waals surface area contributed by atoms with Gasteiger partial charge in [0.25, 0.3) is 5.97 Å². The normalized spacial score (nSPS) is 32.2. The Morgan fingerprint density at radius 1 is 0.933 bits per heavy atom. The van der Waals surface area contributed by atoms with E-state index in [4.69, 9.17) is 19.5 Å². The summed E-state index contributed by atoms with van der Waals surface area (Å²) >= 11 is 0. The fourth-order valence-electron chi connectivity index (χ4n) is 3.09. The summed E-state index contributed by atoms with van der Waals surface area (Å²) in [6, 6.07) is 0. The molecule has 2 aliphatic heterocycles. The number of aliphatic hydroxyl groups is 4. The molecule has 0 aromatic carbocycles. The van der Waals surface area contributed by atoms with Gasteiger partial charge in [-0.25, -0.2) is 0 Å². The molecule has 2 saturated heterocycles. The van der Waals surface area contributed by atoms with Gasteiger partial charge in [0.2, 0.25) is 0 Å². The van der Waals surface area contributed by atoms with Crippen molar-refractivity contribution >= 4 is 5.97 Å². The lowest BCUT2D eigenvalue weighted by Gasteiger charge is -2.40. The zero-order valence-corrected chi connectivity index (χ0v) is 17.6. The molecule has 30 heavy (non-hydrogen) atoms. The highest BCUT2D eigenvalue weighted by Crippen LogP contribution is 2.23. The number of carboxylic acid groups (broad SMARTS) is 1. The Kier molecular flexibility index (Phi) is 14.3. The Morgan fingerprint density at radius 3 is 1.90 bits per heavy atom. The first kappa shape index (κ1) is 27.1. The van der Waals surface area contributed by atoms with Crippen molar-refractivity contribution in [2.45, 2.75) is 43.9 Å². The topological polar surface area (TPSA) is 176 Å². The van der Waals surface area contributed by atoms with E-state index in [9.17, 15) is 20.4 Å². The van der Waals surface area contributed by atoms with Crippen LogP contribution < -0.4 is 16.0 Å². The number of hydrogen-bond donors (Lipinski definition) is 8. The summed E-state index contributed by atoms with van der Waals surface area (Å²) in [5.41, 5.74) is 0. The molecular weight excluding hydrogens is 400 g/mol. The van der Waals surface area contributed by atoms with Gasteiger partial charge in [-0.15, -0.1) is 0 Å². The van der Waals surface area contributed by atoms with Crippen molar-refractivity contribution in [1.29, 1.82) is 0 Å². The lowest BCUT2D eigenvalue weighted by molar-refractivity contribution is -0.239. The SMILES string of the molecule is CC(=O)O.OC[C@H]1O[C@@H](CCON2CCNCCNCCNCC2)[C@H](O)[C@@H](O)[C@H]1O. The Labute approximate surface area is 177 Å². The van der Waals surface area contributed by atoms with E-state index < -0.39 is 43.1 Å². The van der Waals surface area contributed by atoms with Gasteiger partial charge in [0.05, 0.1) is 19.3 Å². The summed E-state index contributed by atoms with van der Waals surface area (Å²) < 4.78 is 5.49. The summed E-state index contributed by atoms with van der Waals surface area (Å²) in [6.07, 6.45) is -5.09. The fourth-order valence-corrected chi connectivity index (χ4v) is 3.09. The van der Waals surface area contributed by atoms with Gasteiger partial charge in [-0.1, -0.05) is 0 Å². The molecule has 5 atom stereocenters. The lowest BCUT2D eigenvalue weighted by Crippen LogP contribution is -2.58. The van der Waals surface area contributed by atoms with E-state index in [0.717, 1.165) is 59.3 Å². The molecule has 0 aliphatic carbocycles. The first-order valence-corrected chi connectivity index (χ1v) is 10.4. The number of aliphatic hydroxyl groups excluding tert-OH is 4. The van der Waals surface area contributed by atoms with Crippen LogP contribution in [0.4, 0.5) is 0 Å². The predicted molar refractivity (Wildman–Crippen MR) is 108 cm³/mol. The molecule has 2 aliphatic rings. The Morgan fingerprint density at radius 2 is 1.40 bits per heavy atom. The number of carbonyl (C=O) groups is 1. The number of nitrogens with one attached hydrogen (secondary N) is 3. The number of rotatable bonds is 5. The monoisotopic (exact) mass is 438 g/mol. The van der Waals surface area contributed by atoms with Crippen molar-refractivity contribution in [1.82, 2.24) is 21.0 Å². The zero-order valence-electron chi connectivity index (χ0n) is 17.6. The van der Waals surface area contributed by atoms with Gasteiger partial charge >= 0.3 is 0 Å². The van der Waals surface area contributed by atoms with E-state index in [-0.39, 0.29) is 0 Å².